The molecule has 0 bridgehead atoms. The van der Waals surface area contributed by atoms with Crippen LogP contribution in [0.5, 0.6) is 5.75 Å². The van der Waals surface area contributed by atoms with E-state index in [1.807, 2.05) is 18.2 Å². The minimum absolute atomic E-state index is 0.734. The number of thiazole rings is 1. The van der Waals surface area contributed by atoms with Crippen LogP contribution in [0.25, 0.3) is 0 Å². The normalized spacial score (nSPS) is 11.1. The Morgan fingerprint density at radius 2 is 2.14 bits per heavy atom. The Morgan fingerprint density at radius 3 is 2.86 bits per heavy atom. The van der Waals surface area contributed by atoms with Crippen molar-refractivity contribution in [2.24, 2.45) is 0 Å². The fourth-order valence-corrected chi connectivity index (χ4v) is 3.33. The van der Waals surface area contributed by atoms with Crippen LogP contribution in [0, 0.1) is 0 Å². The molecule has 1 aromatic carbocycles. The smallest absolute Gasteiger partial charge is 0.123 e. The summed E-state index contributed by atoms with van der Waals surface area (Å²) in [5, 5.41) is 4.11. The second-order valence-electron chi connectivity index (χ2n) is 5.11. The quantitative estimate of drug-likeness (QED) is 0.755. The first kappa shape index (κ1) is 16.3. The van der Waals surface area contributed by atoms with Gasteiger partial charge in [0.1, 0.15) is 5.75 Å². The van der Waals surface area contributed by atoms with E-state index < -0.39 is 0 Å². The second-order valence-corrected chi connectivity index (χ2v) is 6.49. The number of hydrogen-bond donors (Lipinski definition) is 0. The van der Waals surface area contributed by atoms with Gasteiger partial charge in [-0.1, -0.05) is 18.5 Å². The maximum Gasteiger partial charge on any atom is 0.123 e. The summed E-state index contributed by atoms with van der Waals surface area (Å²) in [6.07, 6.45) is 2.21. The molecule has 2 aromatic rings. The summed E-state index contributed by atoms with van der Waals surface area (Å²) in [6.45, 7) is 3.79. The fourth-order valence-electron chi connectivity index (χ4n) is 2.24. The molecule has 0 aliphatic carbocycles. The summed E-state index contributed by atoms with van der Waals surface area (Å²) in [7, 11) is 3.77. The standard InChI is InChI=1S/C16H21ClN2OS/c1-4-5-16-18-14(11-21-16)10-19(2)9-12-8-13(17)6-7-15(12)20-3/h6-8,11H,4-5,9-10H2,1-3H3. The lowest BCUT2D eigenvalue weighted by Crippen LogP contribution is -2.18. The highest BCUT2D eigenvalue weighted by Crippen LogP contribution is 2.24. The van der Waals surface area contributed by atoms with E-state index in [-0.39, 0.29) is 0 Å². The molecule has 0 saturated heterocycles. The van der Waals surface area contributed by atoms with Crippen LogP contribution in [0.15, 0.2) is 23.6 Å². The molecular formula is C16H21ClN2OS. The van der Waals surface area contributed by atoms with Gasteiger partial charge in [0.05, 0.1) is 17.8 Å². The molecule has 0 saturated carbocycles. The van der Waals surface area contributed by atoms with Gasteiger partial charge in [-0.25, -0.2) is 4.98 Å². The number of methoxy groups -OCH3 is 1. The Balaban J connectivity index is 2.00. The highest BCUT2D eigenvalue weighted by atomic mass is 35.5. The Hall–Kier alpha value is -1.10. The number of ether oxygens (including phenoxy) is 1. The van der Waals surface area contributed by atoms with E-state index in [1.54, 1.807) is 18.4 Å². The van der Waals surface area contributed by atoms with Gasteiger partial charge < -0.3 is 4.74 Å². The lowest BCUT2D eigenvalue weighted by Gasteiger charge is -2.17. The molecule has 0 aliphatic heterocycles. The maximum absolute atomic E-state index is 6.07. The topological polar surface area (TPSA) is 25.4 Å². The summed E-state index contributed by atoms with van der Waals surface area (Å²) in [5.74, 6) is 0.871. The molecule has 5 heteroatoms. The molecule has 1 aromatic heterocycles. The van der Waals surface area contributed by atoms with Gasteiger partial charge in [0, 0.05) is 29.1 Å². The van der Waals surface area contributed by atoms with Crippen LogP contribution in [0.3, 0.4) is 0 Å². The number of aromatic nitrogens is 1. The van der Waals surface area contributed by atoms with Gasteiger partial charge >= 0.3 is 0 Å². The number of halogens is 1. The van der Waals surface area contributed by atoms with Crippen LogP contribution in [-0.4, -0.2) is 24.0 Å². The zero-order chi connectivity index (χ0) is 15.2. The van der Waals surface area contributed by atoms with E-state index in [1.165, 1.54) is 5.01 Å². The molecule has 2 rings (SSSR count). The number of benzene rings is 1. The largest absolute Gasteiger partial charge is 0.496 e. The number of hydrogen-bond acceptors (Lipinski definition) is 4. The summed E-state index contributed by atoms with van der Waals surface area (Å²) < 4.78 is 5.39. The van der Waals surface area contributed by atoms with Crippen LogP contribution >= 0.6 is 22.9 Å². The molecule has 114 valence electrons. The Labute approximate surface area is 135 Å². The summed E-state index contributed by atoms with van der Waals surface area (Å²) in [6, 6.07) is 5.72. The first-order valence-electron chi connectivity index (χ1n) is 7.06. The third-order valence-corrected chi connectivity index (χ3v) is 4.37. The first-order chi connectivity index (χ1) is 10.1. The zero-order valence-corrected chi connectivity index (χ0v) is 14.3. The van der Waals surface area contributed by atoms with Crippen molar-refractivity contribution in [1.82, 2.24) is 9.88 Å². The van der Waals surface area contributed by atoms with E-state index in [4.69, 9.17) is 16.3 Å². The molecule has 0 spiro atoms. The molecule has 0 radical (unpaired) electrons. The van der Waals surface area contributed by atoms with Crippen molar-refractivity contribution in [1.29, 1.82) is 0 Å². The SMILES string of the molecule is CCCc1nc(CN(C)Cc2cc(Cl)ccc2OC)cs1. The van der Waals surface area contributed by atoms with E-state index in [0.717, 1.165) is 48.0 Å². The van der Waals surface area contributed by atoms with E-state index in [9.17, 15) is 0 Å². The molecule has 0 unspecified atom stereocenters. The predicted molar refractivity (Wildman–Crippen MR) is 89.3 cm³/mol. The second kappa shape index (κ2) is 7.78. The van der Waals surface area contributed by atoms with Crippen LogP contribution in [0.1, 0.15) is 29.6 Å². The molecule has 0 N–H and O–H groups in total. The number of rotatable bonds is 7. The van der Waals surface area contributed by atoms with Crippen molar-refractivity contribution in [2.75, 3.05) is 14.2 Å². The minimum Gasteiger partial charge on any atom is -0.496 e. The number of aryl methyl sites for hydroxylation is 1. The van der Waals surface area contributed by atoms with E-state index >= 15 is 0 Å². The first-order valence-corrected chi connectivity index (χ1v) is 8.32. The predicted octanol–water partition coefficient (Wildman–Crippen LogP) is 4.39. The Bertz CT molecular complexity index is 585. The van der Waals surface area contributed by atoms with Gasteiger partial charge in [-0.05, 0) is 38.1 Å². The van der Waals surface area contributed by atoms with Crippen molar-refractivity contribution >= 4 is 22.9 Å². The van der Waals surface area contributed by atoms with Gasteiger partial charge in [0.15, 0.2) is 0 Å². The van der Waals surface area contributed by atoms with Gasteiger partial charge in [-0.3, -0.25) is 4.90 Å². The van der Waals surface area contributed by atoms with Crippen molar-refractivity contribution in [3.8, 4) is 5.75 Å². The Kier molecular flexibility index (Phi) is 6.03. The molecule has 3 nitrogen and oxygen atoms in total. The highest BCUT2D eigenvalue weighted by molar-refractivity contribution is 7.09. The van der Waals surface area contributed by atoms with Crippen molar-refractivity contribution in [3.05, 3.63) is 44.9 Å². The lowest BCUT2D eigenvalue weighted by atomic mass is 10.2. The molecule has 1 heterocycles. The summed E-state index contributed by atoms with van der Waals surface area (Å²) in [4.78, 5) is 6.88. The molecule has 0 fully saturated rings. The molecule has 21 heavy (non-hydrogen) atoms. The van der Waals surface area contributed by atoms with Gasteiger partial charge in [-0.2, -0.15) is 0 Å². The molecular weight excluding hydrogens is 304 g/mol. The monoisotopic (exact) mass is 324 g/mol. The third-order valence-electron chi connectivity index (χ3n) is 3.18. The fraction of sp³-hybridized carbons (Fsp3) is 0.438. The van der Waals surface area contributed by atoms with Crippen LogP contribution in [0.2, 0.25) is 5.02 Å². The summed E-state index contributed by atoms with van der Waals surface area (Å²) in [5.41, 5.74) is 2.23. The van der Waals surface area contributed by atoms with Crippen LogP contribution in [0.4, 0.5) is 0 Å². The van der Waals surface area contributed by atoms with Crippen LogP contribution in [-0.2, 0) is 19.5 Å². The van der Waals surface area contributed by atoms with E-state index in [0.29, 0.717) is 0 Å². The van der Waals surface area contributed by atoms with Crippen molar-refractivity contribution in [2.45, 2.75) is 32.9 Å². The minimum atomic E-state index is 0.734. The van der Waals surface area contributed by atoms with Crippen molar-refractivity contribution < 1.29 is 4.74 Å². The third kappa shape index (κ3) is 4.70. The van der Waals surface area contributed by atoms with Gasteiger partial charge in [-0.15, -0.1) is 11.3 Å². The van der Waals surface area contributed by atoms with Crippen molar-refractivity contribution in [3.63, 3.8) is 0 Å². The summed E-state index contributed by atoms with van der Waals surface area (Å²) >= 11 is 7.82. The molecule has 0 aliphatic rings. The van der Waals surface area contributed by atoms with Gasteiger partial charge in [0.25, 0.3) is 0 Å². The van der Waals surface area contributed by atoms with E-state index in [2.05, 4.69) is 29.2 Å². The highest BCUT2D eigenvalue weighted by Gasteiger charge is 2.09. The zero-order valence-electron chi connectivity index (χ0n) is 12.7. The van der Waals surface area contributed by atoms with Gasteiger partial charge in [0.2, 0.25) is 0 Å². The lowest BCUT2D eigenvalue weighted by molar-refractivity contribution is 0.307. The maximum atomic E-state index is 6.07. The molecule has 0 atom stereocenters. The number of nitrogens with zero attached hydrogens (tertiary/aromatic N) is 2. The van der Waals surface area contributed by atoms with Crippen LogP contribution < -0.4 is 4.74 Å². The molecule has 0 amide bonds. The average Bonchev–Trinajstić information content (AvgIpc) is 2.86. The Morgan fingerprint density at radius 1 is 1.33 bits per heavy atom. The average molecular weight is 325 g/mol.